The van der Waals surface area contributed by atoms with Crippen molar-refractivity contribution >= 4 is 22.4 Å². The Hall–Kier alpha value is -2.02. The van der Waals surface area contributed by atoms with Crippen LogP contribution in [0.4, 0.5) is 5.13 Å². The molecule has 6 nitrogen and oxygen atoms in total. The van der Waals surface area contributed by atoms with E-state index in [2.05, 4.69) is 20.5 Å². The number of rotatable bonds is 4. The van der Waals surface area contributed by atoms with Gasteiger partial charge < -0.3 is 4.74 Å². The van der Waals surface area contributed by atoms with Crippen LogP contribution in [0.15, 0.2) is 18.3 Å². The molecule has 0 aliphatic rings. The van der Waals surface area contributed by atoms with E-state index < -0.39 is 0 Å². The maximum Gasteiger partial charge on any atom is 0.262 e. The summed E-state index contributed by atoms with van der Waals surface area (Å²) in [5.74, 6) is 0.0103. The van der Waals surface area contributed by atoms with E-state index in [0.717, 1.165) is 5.01 Å². The highest BCUT2D eigenvalue weighted by Gasteiger charge is 2.16. The predicted octanol–water partition coefficient (Wildman–Crippen LogP) is 2.28. The lowest BCUT2D eigenvalue weighted by molar-refractivity contribution is 0.102. The Balaban J connectivity index is 2.18. The van der Waals surface area contributed by atoms with E-state index in [1.807, 2.05) is 20.8 Å². The monoisotopic (exact) mass is 278 g/mol. The SMILES string of the molecule is Cc1nnc(NC(=O)c2cccnc2OC(C)C)s1. The largest absolute Gasteiger partial charge is 0.474 e. The van der Waals surface area contributed by atoms with Gasteiger partial charge >= 0.3 is 0 Å². The highest BCUT2D eigenvalue weighted by molar-refractivity contribution is 7.15. The summed E-state index contributed by atoms with van der Waals surface area (Å²) in [6, 6.07) is 3.35. The Labute approximate surface area is 114 Å². The minimum atomic E-state index is -0.306. The van der Waals surface area contributed by atoms with Gasteiger partial charge in [0.05, 0.1) is 6.10 Å². The van der Waals surface area contributed by atoms with Gasteiger partial charge in [0.2, 0.25) is 11.0 Å². The molecular formula is C12H14N4O2S. The van der Waals surface area contributed by atoms with Gasteiger partial charge in [-0.2, -0.15) is 0 Å². The molecule has 0 saturated heterocycles. The summed E-state index contributed by atoms with van der Waals surface area (Å²) in [6.45, 7) is 5.58. The molecule has 0 saturated carbocycles. The zero-order valence-corrected chi connectivity index (χ0v) is 11.7. The number of nitrogens with zero attached hydrogens (tertiary/aromatic N) is 3. The van der Waals surface area contributed by atoms with Crippen LogP contribution in [0.3, 0.4) is 0 Å². The van der Waals surface area contributed by atoms with Gasteiger partial charge in [0, 0.05) is 6.20 Å². The fraction of sp³-hybridized carbons (Fsp3) is 0.333. The molecule has 7 heteroatoms. The molecule has 1 N–H and O–H groups in total. The van der Waals surface area contributed by atoms with Crippen molar-refractivity contribution < 1.29 is 9.53 Å². The average molecular weight is 278 g/mol. The van der Waals surface area contributed by atoms with Crippen molar-refractivity contribution in [1.29, 1.82) is 0 Å². The van der Waals surface area contributed by atoms with Crippen LogP contribution in [-0.4, -0.2) is 27.2 Å². The topological polar surface area (TPSA) is 77.0 Å². The number of carbonyl (C=O) groups excluding carboxylic acids is 1. The molecule has 2 rings (SSSR count). The first-order valence-corrected chi connectivity index (χ1v) is 6.61. The number of aromatic nitrogens is 3. The summed E-state index contributed by atoms with van der Waals surface area (Å²) in [4.78, 5) is 16.2. The lowest BCUT2D eigenvalue weighted by Gasteiger charge is -2.11. The Bertz CT molecular complexity index is 583. The van der Waals surface area contributed by atoms with E-state index in [0.29, 0.717) is 16.6 Å². The second-order valence-electron chi connectivity index (χ2n) is 4.10. The first-order chi connectivity index (χ1) is 9.06. The first-order valence-electron chi connectivity index (χ1n) is 5.79. The van der Waals surface area contributed by atoms with Gasteiger partial charge in [-0.1, -0.05) is 11.3 Å². The molecular weight excluding hydrogens is 264 g/mol. The van der Waals surface area contributed by atoms with Crippen molar-refractivity contribution in [3.05, 3.63) is 28.9 Å². The quantitative estimate of drug-likeness (QED) is 0.928. The molecule has 0 bridgehead atoms. The molecule has 19 heavy (non-hydrogen) atoms. The minimum Gasteiger partial charge on any atom is -0.474 e. The molecule has 2 heterocycles. The summed E-state index contributed by atoms with van der Waals surface area (Å²) in [7, 11) is 0. The van der Waals surface area contributed by atoms with Crippen LogP contribution in [0.1, 0.15) is 29.2 Å². The summed E-state index contributed by atoms with van der Waals surface area (Å²) >= 11 is 1.32. The Morgan fingerprint density at radius 1 is 1.42 bits per heavy atom. The first kappa shape index (κ1) is 13.4. The van der Waals surface area contributed by atoms with Gasteiger partial charge in [-0.25, -0.2) is 4.98 Å². The maximum atomic E-state index is 12.1. The maximum absolute atomic E-state index is 12.1. The van der Waals surface area contributed by atoms with Gasteiger partial charge in [-0.15, -0.1) is 10.2 Å². The number of hydrogen-bond donors (Lipinski definition) is 1. The predicted molar refractivity (Wildman–Crippen MR) is 72.6 cm³/mol. The molecule has 2 aromatic rings. The third kappa shape index (κ3) is 3.47. The standard InChI is InChI=1S/C12H14N4O2S/c1-7(2)18-11-9(5-4-6-13-11)10(17)14-12-16-15-8(3)19-12/h4-7H,1-3H3,(H,14,16,17). The smallest absolute Gasteiger partial charge is 0.262 e. The van der Waals surface area contributed by atoms with Crippen molar-refractivity contribution in [2.24, 2.45) is 0 Å². The van der Waals surface area contributed by atoms with Crippen LogP contribution in [0.25, 0.3) is 0 Å². The molecule has 0 spiro atoms. The molecule has 0 aliphatic heterocycles. The second-order valence-corrected chi connectivity index (χ2v) is 5.28. The van der Waals surface area contributed by atoms with Crippen LogP contribution in [0.5, 0.6) is 5.88 Å². The molecule has 0 fully saturated rings. The number of carbonyl (C=O) groups is 1. The molecule has 0 radical (unpaired) electrons. The van der Waals surface area contributed by atoms with Crippen LogP contribution < -0.4 is 10.1 Å². The normalized spacial score (nSPS) is 10.5. The fourth-order valence-electron chi connectivity index (χ4n) is 1.39. The van der Waals surface area contributed by atoms with E-state index in [1.165, 1.54) is 11.3 Å². The van der Waals surface area contributed by atoms with Crippen LogP contribution >= 0.6 is 11.3 Å². The van der Waals surface area contributed by atoms with E-state index in [9.17, 15) is 4.79 Å². The van der Waals surface area contributed by atoms with Crippen molar-refractivity contribution in [3.8, 4) is 5.88 Å². The van der Waals surface area contributed by atoms with Crippen molar-refractivity contribution in [2.45, 2.75) is 26.9 Å². The Morgan fingerprint density at radius 3 is 2.84 bits per heavy atom. The molecule has 2 aromatic heterocycles. The summed E-state index contributed by atoms with van der Waals surface area (Å²) < 4.78 is 5.50. The lowest BCUT2D eigenvalue weighted by Crippen LogP contribution is -2.16. The third-order valence-electron chi connectivity index (χ3n) is 2.11. The zero-order chi connectivity index (χ0) is 13.8. The van der Waals surface area contributed by atoms with E-state index in [1.54, 1.807) is 18.3 Å². The number of aryl methyl sites for hydroxylation is 1. The fourth-order valence-corrected chi connectivity index (χ4v) is 1.98. The number of hydrogen-bond acceptors (Lipinski definition) is 6. The highest BCUT2D eigenvalue weighted by Crippen LogP contribution is 2.19. The third-order valence-corrected chi connectivity index (χ3v) is 2.86. The summed E-state index contributed by atoms with van der Waals surface area (Å²) in [5, 5.41) is 11.6. The van der Waals surface area contributed by atoms with E-state index in [-0.39, 0.29) is 12.0 Å². The van der Waals surface area contributed by atoms with Crippen LogP contribution in [-0.2, 0) is 0 Å². The summed E-state index contributed by atoms with van der Waals surface area (Å²) in [5.41, 5.74) is 0.379. The zero-order valence-electron chi connectivity index (χ0n) is 10.9. The van der Waals surface area contributed by atoms with Gasteiger partial charge in [-0.3, -0.25) is 10.1 Å². The lowest BCUT2D eigenvalue weighted by atomic mass is 10.2. The van der Waals surface area contributed by atoms with Gasteiger partial charge in [0.1, 0.15) is 10.6 Å². The summed E-state index contributed by atoms with van der Waals surface area (Å²) in [6.07, 6.45) is 1.54. The van der Waals surface area contributed by atoms with E-state index >= 15 is 0 Å². The van der Waals surface area contributed by atoms with Gasteiger partial charge in [-0.05, 0) is 32.9 Å². The van der Waals surface area contributed by atoms with Crippen molar-refractivity contribution in [3.63, 3.8) is 0 Å². The average Bonchev–Trinajstić information content (AvgIpc) is 2.74. The molecule has 0 atom stereocenters. The van der Waals surface area contributed by atoms with Crippen LogP contribution in [0.2, 0.25) is 0 Å². The van der Waals surface area contributed by atoms with Crippen molar-refractivity contribution in [1.82, 2.24) is 15.2 Å². The molecule has 100 valence electrons. The van der Waals surface area contributed by atoms with E-state index in [4.69, 9.17) is 4.74 Å². The van der Waals surface area contributed by atoms with Gasteiger partial charge in [0.25, 0.3) is 5.91 Å². The number of pyridine rings is 1. The number of anilines is 1. The molecule has 1 amide bonds. The van der Waals surface area contributed by atoms with Crippen LogP contribution in [0, 0.1) is 6.92 Å². The number of ether oxygens (including phenoxy) is 1. The second kappa shape index (κ2) is 5.75. The minimum absolute atomic E-state index is 0.0507. The molecule has 0 aliphatic carbocycles. The Kier molecular flexibility index (Phi) is 4.06. The number of nitrogens with one attached hydrogen (secondary N) is 1. The highest BCUT2D eigenvalue weighted by atomic mass is 32.1. The van der Waals surface area contributed by atoms with Gasteiger partial charge in [0.15, 0.2) is 0 Å². The Morgan fingerprint density at radius 2 is 2.21 bits per heavy atom. The molecule has 0 aromatic carbocycles. The number of amides is 1. The van der Waals surface area contributed by atoms with Crippen molar-refractivity contribution in [2.75, 3.05) is 5.32 Å². The molecule has 0 unspecified atom stereocenters.